The molecule has 6 nitrogen and oxygen atoms in total. The number of anilines is 1. The minimum Gasteiger partial charge on any atom is -0.493 e. The second kappa shape index (κ2) is 11.0. The summed E-state index contributed by atoms with van der Waals surface area (Å²) in [5.74, 6) is 0.774. The summed E-state index contributed by atoms with van der Waals surface area (Å²) in [6.07, 6.45) is 4.87. The van der Waals surface area contributed by atoms with Crippen LogP contribution in [-0.2, 0) is 0 Å². The molecule has 1 aliphatic rings. The van der Waals surface area contributed by atoms with Gasteiger partial charge in [-0.1, -0.05) is 30.3 Å². The number of aromatic nitrogens is 1. The largest absolute Gasteiger partial charge is 0.493 e. The third kappa shape index (κ3) is 5.15. The molecule has 4 aromatic rings. The molecule has 5 rings (SSSR count). The monoisotopic (exact) mass is 482 g/mol. The van der Waals surface area contributed by atoms with E-state index in [0.717, 1.165) is 58.3 Å². The number of hydrogen-bond donors (Lipinski definition) is 4. The number of nitrogens with one attached hydrogen (secondary N) is 3. The SMILES string of the molecule is CC1CNC(C(=O)c2ccc(-c3ccc4[nH]ccc4c3)c(OCCCCCN)c2)c2ccccc2N1. The summed E-state index contributed by atoms with van der Waals surface area (Å²) in [6, 6.07) is 22.1. The van der Waals surface area contributed by atoms with E-state index in [9.17, 15) is 4.79 Å². The number of carbonyl (C=O) groups excluding carboxylic acids is 1. The zero-order chi connectivity index (χ0) is 24.9. The first kappa shape index (κ1) is 24.1. The molecule has 2 unspecified atom stereocenters. The Morgan fingerprint density at radius 1 is 1.03 bits per heavy atom. The number of para-hydroxylation sites is 1. The lowest BCUT2D eigenvalue weighted by Gasteiger charge is -2.19. The third-order valence-corrected chi connectivity index (χ3v) is 6.80. The first-order chi connectivity index (χ1) is 17.6. The molecule has 0 spiro atoms. The lowest BCUT2D eigenvalue weighted by molar-refractivity contribution is 0.0943. The maximum absolute atomic E-state index is 13.8. The molecular formula is C30H34N4O2. The van der Waals surface area contributed by atoms with Crippen molar-refractivity contribution in [3.8, 4) is 16.9 Å². The van der Waals surface area contributed by atoms with E-state index in [4.69, 9.17) is 10.5 Å². The van der Waals surface area contributed by atoms with E-state index in [2.05, 4.69) is 46.8 Å². The van der Waals surface area contributed by atoms with E-state index in [1.54, 1.807) is 0 Å². The minimum atomic E-state index is -0.418. The van der Waals surface area contributed by atoms with Gasteiger partial charge in [0.15, 0.2) is 5.78 Å². The highest BCUT2D eigenvalue weighted by Gasteiger charge is 2.28. The summed E-state index contributed by atoms with van der Waals surface area (Å²) in [5, 5.41) is 8.11. The van der Waals surface area contributed by atoms with Gasteiger partial charge in [0, 0.05) is 46.7 Å². The number of ketones is 1. The molecule has 0 bridgehead atoms. The van der Waals surface area contributed by atoms with E-state index >= 15 is 0 Å². The number of H-pyrrole nitrogens is 1. The topological polar surface area (TPSA) is 92.2 Å². The number of fused-ring (bicyclic) bond motifs is 2. The standard InChI is InChI=1S/C30H34N4O2/c1-20-19-33-29(25-7-3-4-8-27(25)34-20)30(35)23-9-11-24(28(18-23)36-16-6-2-5-14-31)21-10-12-26-22(17-21)13-15-32-26/h3-4,7-13,15,17-18,20,29,32-34H,2,5-6,14,16,19,31H2,1H3. The Labute approximate surface area is 212 Å². The quantitative estimate of drug-likeness (QED) is 0.182. The molecule has 6 heteroatoms. The maximum atomic E-state index is 13.8. The summed E-state index contributed by atoms with van der Waals surface area (Å²) in [5.41, 5.74) is 11.4. The molecule has 5 N–H and O–H groups in total. The van der Waals surface area contributed by atoms with Gasteiger partial charge in [-0.15, -0.1) is 0 Å². The predicted molar refractivity (Wildman–Crippen MR) is 147 cm³/mol. The molecule has 0 radical (unpaired) electrons. The normalized spacial score (nSPS) is 17.3. The molecule has 2 atom stereocenters. The smallest absolute Gasteiger partial charge is 0.184 e. The second-order valence-electron chi connectivity index (χ2n) is 9.53. The van der Waals surface area contributed by atoms with Crippen LogP contribution in [0.2, 0.25) is 0 Å². The highest BCUT2D eigenvalue weighted by atomic mass is 16.5. The Hall–Kier alpha value is -3.61. The highest BCUT2D eigenvalue weighted by Crippen LogP contribution is 2.35. The van der Waals surface area contributed by atoms with Crippen molar-refractivity contribution in [2.45, 2.75) is 38.3 Å². The van der Waals surface area contributed by atoms with Crippen molar-refractivity contribution in [1.29, 1.82) is 0 Å². The van der Waals surface area contributed by atoms with Gasteiger partial charge in [0.25, 0.3) is 0 Å². The van der Waals surface area contributed by atoms with E-state index in [1.807, 2.05) is 48.7 Å². The van der Waals surface area contributed by atoms with Gasteiger partial charge in [-0.05, 0) is 80.1 Å². The summed E-state index contributed by atoms with van der Waals surface area (Å²) >= 11 is 0. The van der Waals surface area contributed by atoms with Gasteiger partial charge in [-0.2, -0.15) is 0 Å². The molecule has 0 saturated carbocycles. The summed E-state index contributed by atoms with van der Waals surface area (Å²) < 4.78 is 6.29. The zero-order valence-electron chi connectivity index (χ0n) is 20.7. The van der Waals surface area contributed by atoms with Crippen LogP contribution in [0.5, 0.6) is 5.75 Å². The van der Waals surface area contributed by atoms with E-state index in [-0.39, 0.29) is 11.8 Å². The fourth-order valence-corrected chi connectivity index (χ4v) is 4.86. The summed E-state index contributed by atoms with van der Waals surface area (Å²) in [6.45, 7) is 4.09. The lowest BCUT2D eigenvalue weighted by Crippen LogP contribution is -2.33. The Bertz CT molecular complexity index is 1350. The maximum Gasteiger partial charge on any atom is 0.184 e. The zero-order valence-corrected chi connectivity index (χ0v) is 20.7. The Kier molecular flexibility index (Phi) is 7.35. The van der Waals surface area contributed by atoms with Gasteiger partial charge < -0.3 is 26.1 Å². The van der Waals surface area contributed by atoms with E-state index in [0.29, 0.717) is 25.3 Å². The third-order valence-electron chi connectivity index (χ3n) is 6.80. The molecule has 1 aliphatic heterocycles. The van der Waals surface area contributed by atoms with Crippen LogP contribution in [0.25, 0.3) is 22.0 Å². The number of aromatic amines is 1. The van der Waals surface area contributed by atoms with Gasteiger partial charge in [-0.3, -0.25) is 4.79 Å². The van der Waals surface area contributed by atoms with Crippen molar-refractivity contribution in [1.82, 2.24) is 10.3 Å². The summed E-state index contributed by atoms with van der Waals surface area (Å²) in [7, 11) is 0. The van der Waals surface area contributed by atoms with Gasteiger partial charge in [0.2, 0.25) is 0 Å². The van der Waals surface area contributed by atoms with Crippen LogP contribution in [0, 0.1) is 0 Å². The average Bonchev–Trinajstić information content (AvgIpc) is 3.30. The van der Waals surface area contributed by atoms with Gasteiger partial charge in [0.05, 0.1) is 12.6 Å². The Balaban J connectivity index is 1.48. The number of benzene rings is 3. The minimum absolute atomic E-state index is 0.0407. The van der Waals surface area contributed by atoms with Crippen molar-refractivity contribution < 1.29 is 9.53 Å². The van der Waals surface area contributed by atoms with Crippen LogP contribution in [0.3, 0.4) is 0 Å². The van der Waals surface area contributed by atoms with Crippen molar-refractivity contribution >= 4 is 22.4 Å². The van der Waals surface area contributed by atoms with Crippen LogP contribution in [0.15, 0.2) is 72.9 Å². The number of hydrogen-bond acceptors (Lipinski definition) is 5. The molecule has 0 amide bonds. The Morgan fingerprint density at radius 3 is 2.81 bits per heavy atom. The van der Waals surface area contributed by atoms with Gasteiger partial charge >= 0.3 is 0 Å². The molecule has 36 heavy (non-hydrogen) atoms. The van der Waals surface area contributed by atoms with Gasteiger partial charge in [0.1, 0.15) is 5.75 Å². The number of Topliss-reactive ketones (excluding diaryl/α,β-unsaturated/α-hetero) is 1. The fourth-order valence-electron chi connectivity index (χ4n) is 4.86. The molecule has 186 valence electrons. The first-order valence-corrected chi connectivity index (χ1v) is 12.8. The molecule has 0 fully saturated rings. The van der Waals surface area contributed by atoms with Crippen molar-refractivity contribution in [2.24, 2.45) is 5.73 Å². The van der Waals surface area contributed by atoms with Crippen LogP contribution in [0.4, 0.5) is 5.69 Å². The van der Waals surface area contributed by atoms with Gasteiger partial charge in [-0.25, -0.2) is 0 Å². The number of ether oxygens (including phenoxy) is 1. The van der Waals surface area contributed by atoms with Crippen molar-refractivity contribution in [3.63, 3.8) is 0 Å². The van der Waals surface area contributed by atoms with E-state index < -0.39 is 6.04 Å². The molecule has 3 aromatic carbocycles. The van der Waals surface area contributed by atoms with Crippen molar-refractivity contribution in [3.05, 3.63) is 84.1 Å². The molecule has 0 aliphatic carbocycles. The Morgan fingerprint density at radius 2 is 1.92 bits per heavy atom. The molecule has 0 saturated heterocycles. The number of nitrogens with two attached hydrogens (primary N) is 1. The predicted octanol–water partition coefficient (Wildman–Crippen LogP) is 5.67. The highest BCUT2D eigenvalue weighted by molar-refractivity contribution is 6.02. The summed E-state index contributed by atoms with van der Waals surface area (Å²) in [4.78, 5) is 17.1. The molecular weight excluding hydrogens is 448 g/mol. The fraction of sp³-hybridized carbons (Fsp3) is 0.300. The van der Waals surface area contributed by atoms with Crippen LogP contribution in [-0.4, -0.2) is 36.5 Å². The number of carbonyl (C=O) groups is 1. The number of unbranched alkanes of at least 4 members (excludes halogenated alkanes) is 2. The van der Waals surface area contributed by atoms with Crippen LogP contribution >= 0.6 is 0 Å². The lowest BCUT2D eigenvalue weighted by atomic mass is 9.94. The second-order valence-corrected chi connectivity index (χ2v) is 9.53. The van der Waals surface area contributed by atoms with Crippen LogP contribution in [0.1, 0.15) is 48.1 Å². The van der Waals surface area contributed by atoms with Crippen LogP contribution < -0.4 is 21.1 Å². The van der Waals surface area contributed by atoms with Crippen molar-refractivity contribution in [2.75, 3.05) is 25.0 Å². The average molecular weight is 483 g/mol. The molecule has 1 aromatic heterocycles. The molecule has 2 heterocycles. The number of rotatable bonds is 9. The van der Waals surface area contributed by atoms with E-state index in [1.165, 1.54) is 0 Å². The first-order valence-electron chi connectivity index (χ1n) is 12.8.